The van der Waals surface area contributed by atoms with Gasteiger partial charge in [0.25, 0.3) is 17.0 Å². The second-order valence-corrected chi connectivity index (χ2v) is 7.13. The molecular weight excluding hydrogens is 370 g/mol. The number of hydrogen-bond donors (Lipinski definition) is 2. The number of rotatable bonds is 4. The van der Waals surface area contributed by atoms with Crippen molar-refractivity contribution in [3.05, 3.63) is 81.3 Å². The summed E-state index contributed by atoms with van der Waals surface area (Å²) in [5.41, 5.74) is 1.13. The summed E-state index contributed by atoms with van der Waals surface area (Å²) in [5.74, 6) is -0.371. The van der Waals surface area contributed by atoms with E-state index in [1.54, 1.807) is 29.2 Å². The van der Waals surface area contributed by atoms with E-state index in [-0.39, 0.29) is 29.1 Å². The van der Waals surface area contributed by atoms with Crippen molar-refractivity contribution in [2.75, 3.05) is 0 Å². The van der Waals surface area contributed by atoms with Gasteiger partial charge in [0.05, 0.1) is 11.7 Å². The van der Waals surface area contributed by atoms with Gasteiger partial charge in [-0.25, -0.2) is 4.68 Å². The Balaban J connectivity index is 1.43. The summed E-state index contributed by atoms with van der Waals surface area (Å²) < 4.78 is 1.54. The molecule has 0 aromatic carbocycles. The van der Waals surface area contributed by atoms with Crippen molar-refractivity contribution >= 4 is 5.91 Å². The number of nitrogens with one attached hydrogen (secondary N) is 2. The monoisotopic (exact) mass is 391 g/mol. The molecule has 0 spiro atoms. The highest BCUT2D eigenvalue weighted by Gasteiger charge is 2.25. The molecule has 0 bridgehead atoms. The Labute approximate surface area is 166 Å². The van der Waals surface area contributed by atoms with Crippen molar-refractivity contribution in [3.63, 3.8) is 0 Å². The van der Waals surface area contributed by atoms with Gasteiger partial charge in [0.2, 0.25) is 0 Å². The first-order valence-corrected chi connectivity index (χ1v) is 9.60. The third kappa shape index (κ3) is 4.16. The summed E-state index contributed by atoms with van der Waals surface area (Å²) >= 11 is 0. The van der Waals surface area contributed by atoms with Gasteiger partial charge < -0.3 is 10.3 Å². The second-order valence-electron chi connectivity index (χ2n) is 7.13. The van der Waals surface area contributed by atoms with Crippen molar-refractivity contribution in [3.8, 4) is 11.3 Å². The molecule has 1 aliphatic carbocycles. The molecule has 1 fully saturated rings. The number of nitrogens with zero attached hydrogens (tertiary/aromatic N) is 3. The first-order chi connectivity index (χ1) is 14.1. The first-order valence-electron chi connectivity index (χ1n) is 9.60. The molecule has 1 amide bonds. The van der Waals surface area contributed by atoms with Crippen LogP contribution in [0.2, 0.25) is 0 Å². The largest absolute Gasteiger partial charge is 0.349 e. The Morgan fingerprint density at radius 2 is 1.90 bits per heavy atom. The fourth-order valence-corrected chi connectivity index (χ4v) is 3.68. The van der Waals surface area contributed by atoms with E-state index in [0.29, 0.717) is 18.5 Å². The third-order valence-electron chi connectivity index (χ3n) is 5.22. The van der Waals surface area contributed by atoms with Gasteiger partial charge in [-0.05, 0) is 56.0 Å². The molecule has 3 aromatic rings. The lowest BCUT2D eigenvalue weighted by Crippen LogP contribution is -2.41. The molecule has 2 N–H and O–H groups in total. The molecule has 8 heteroatoms. The van der Waals surface area contributed by atoms with Crippen LogP contribution in [0.4, 0.5) is 0 Å². The Bertz CT molecular complexity index is 1110. The van der Waals surface area contributed by atoms with E-state index >= 15 is 0 Å². The highest BCUT2D eigenvalue weighted by atomic mass is 16.2. The maximum atomic E-state index is 12.4. The summed E-state index contributed by atoms with van der Waals surface area (Å²) in [4.78, 5) is 43.1. The number of amides is 1. The number of pyridine rings is 2. The summed E-state index contributed by atoms with van der Waals surface area (Å²) in [5, 5.41) is 7.47. The molecule has 1 aliphatic rings. The van der Waals surface area contributed by atoms with Gasteiger partial charge >= 0.3 is 0 Å². The predicted molar refractivity (Wildman–Crippen MR) is 108 cm³/mol. The number of carbonyl (C=O) groups excluding carboxylic acids is 1. The highest BCUT2D eigenvalue weighted by molar-refractivity contribution is 5.93. The average Bonchev–Trinajstić information content (AvgIpc) is 2.76. The van der Waals surface area contributed by atoms with Crippen LogP contribution in [0.25, 0.3) is 11.3 Å². The van der Waals surface area contributed by atoms with Gasteiger partial charge in [-0.3, -0.25) is 19.4 Å². The van der Waals surface area contributed by atoms with Gasteiger partial charge in [0.1, 0.15) is 5.56 Å². The van der Waals surface area contributed by atoms with E-state index in [2.05, 4.69) is 20.4 Å². The molecule has 0 unspecified atom stereocenters. The van der Waals surface area contributed by atoms with Crippen LogP contribution in [0.5, 0.6) is 0 Å². The summed E-state index contributed by atoms with van der Waals surface area (Å²) in [6.07, 6.45) is 7.78. The number of aromatic nitrogens is 4. The summed E-state index contributed by atoms with van der Waals surface area (Å²) in [7, 11) is 0. The van der Waals surface area contributed by atoms with Crippen LogP contribution < -0.4 is 16.4 Å². The minimum Gasteiger partial charge on any atom is -0.349 e. The quantitative estimate of drug-likeness (QED) is 0.706. The molecule has 0 radical (unpaired) electrons. The maximum Gasteiger partial charge on any atom is 0.267 e. The van der Waals surface area contributed by atoms with Crippen molar-refractivity contribution in [2.45, 2.75) is 37.8 Å². The molecule has 3 aromatic heterocycles. The molecule has 29 heavy (non-hydrogen) atoms. The van der Waals surface area contributed by atoms with Gasteiger partial charge in [-0.1, -0.05) is 0 Å². The standard InChI is InChI=1S/C21H21N5O3/c27-19-10-9-18(14-3-1-11-22-13-14)25-26(19)16-7-5-15(6-8-16)24-21(29)17-4-2-12-23-20(17)28/h1-4,9-13,15-16H,5-8H2,(H,23,28)(H,24,29). The van der Waals surface area contributed by atoms with Crippen molar-refractivity contribution in [1.82, 2.24) is 25.1 Å². The Morgan fingerprint density at radius 1 is 1.07 bits per heavy atom. The topological polar surface area (TPSA) is 110 Å². The molecular formula is C21H21N5O3. The Hall–Kier alpha value is -3.55. The van der Waals surface area contributed by atoms with Crippen LogP contribution in [0.3, 0.4) is 0 Å². The van der Waals surface area contributed by atoms with Crippen molar-refractivity contribution in [2.24, 2.45) is 0 Å². The number of hydrogen-bond acceptors (Lipinski definition) is 5. The third-order valence-corrected chi connectivity index (χ3v) is 5.22. The van der Waals surface area contributed by atoms with Crippen LogP contribution in [-0.4, -0.2) is 31.7 Å². The smallest absolute Gasteiger partial charge is 0.267 e. The molecule has 0 aliphatic heterocycles. The SMILES string of the molecule is O=C(NC1CCC(n2nc(-c3cccnc3)ccc2=O)CC1)c1ccc[nH]c1=O. The molecule has 0 saturated heterocycles. The van der Waals surface area contributed by atoms with Crippen molar-refractivity contribution in [1.29, 1.82) is 0 Å². The summed E-state index contributed by atoms with van der Waals surface area (Å²) in [6.45, 7) is 0. The maximum absolute atomic E-state index is 12.4. The minimum atomic E-state index is -0.401. The average molecular weight is 391 g/mol. The van der Waals surface area contributed by atoms with E-state index in [1.807, 2.05) is 12.1 Å². The Kier molecular flexibility index (Phi) is 5.33. The van der Waals surface area contributed by atoms with Gasteiger partial charge in [0.15, 0.2) is 0 Å². The highest BCUT2D eigenvalue weighted by Crippen LogP contribution is 2.27. The second kappa shape index (κ2) is 8.22. The molecule has 148 valence electrons. The fourth-order valence-electron chi connectivity index (χ4n) is 3.68. The minimum absolute atomic E-state index is 0.0209. The van der Waals surface area contributed by atoms with Gasteiger partial charge in [-0.2, -0.15) is 5.10 Å². The summed E-state index contributed by atoms with van der Waals surface area (Å²) in [6, 6.07) is 10.1. The van der Waals surface area contributed by atoms with Crippen LogP contribution in [0.15, 0.2) is 64.6 Å². The lowest BCUT2D eigenvalue weighted by molar-refractivity contribution is 0.0920. The molecule has 4 rings (SSSR count). The normalized spacial score (nSPS) is 18.9. The number of H-pyrrole nitrogens is 1. The zero-order valence-electron chi connectivity index (χ0n) is 15.7. The van der Waals surface area contributed by atoms with Crippen LogP contribution in [0.1, 0.15) is 42.1 Å². The molecule has 0 atom stereocenters. The van der Waals surface area contributed by atoms with Gasteiger partial charge in [-0.15, -0.1) is 0 Å². The van der Waals surface area contributed by atoms with Crippen molar-refractivity contribution < 1.29 is 4.79 Å². The van der Waals surface area contributed by atoms with Crippen LogP contribution in [-0.2, 0) is 0 Å². The Morgan fingerprint density at radius 3 is 2.62 bits per heavy atom. The fraction of sp³-hybridized carbons (Fsp3) is 0.286. The van der Waals surface area contributed by atoms with E-state index in [1.165, 1.54) is 18.3 Å². The van der Waals surface area contributed by atoms with E-state index in [4.69, 9.17) is 0 Å². The van der Waals surface area contributed by atoms with E-state index < -0.39 is 5.56 Å². The number of aromatic amines is 1. The van der Waals surface area contributed by atoms with Gasteiger partial charge in [0, 0.05) is 36.3 Å². The zero-order valence-corrected chi connectivity index (χ0v) is 15.7. The zero-order chi connectivity index (χ0) is 20.2. The lowest BCUT2D eigenvalue weighted by atomic mass is 9.91. The number of carbonyl (C=O) groups is 1. The van der Waals surface area contributed by atoms with Crippen LogP contribution in [0, 0.1) is 0 Å². The first kappa shape index (κ1) is 18.8. The molecule has 3 heterocycles. The molecule has 8 nitrogen and oxygen atoms in total. The lowest BCUT2D eigenvalue weighted by Gasteiger charge is -2.29. The molecule has 1 saturated carbocycles. The van der Waals surface area contributed by atoms with E-state index in [9.17, 15) is 14.4 Å². The van der Waals surface area contributed by atoms with Crippen LogP contribution >= 0.6 is 0 Å². The predicted octanol–water partition coefficient (Wildman–Crippen LogP) is 1.91. The van der Waals surface area contributed by atoms with E-state index in [0.717, 1.165) is 18.4 Å².